The second-order valence-corrected chi connectivity index (χ2v) is 2.76. The van der Waals surface area contributed by atoms with E-state index in [0.717, 1.165) is 13.1 Å². The van der Waals surface area contributed by atoms with Gasteiger partial charge >= 0.3 is 0 Å². The Morgan fingerprint density at radius 1 is 1.22 bits per heavy atom. The van der Waals surface area contributed by atoms with Crippen molar-refractivity contribution in [2.45, 2.75) is 26.7 Å². The fourth-order valence-electron chi connectivity index (χ4n) is 0.716. The Morgan fingerprint density at radius 3 is 1.89 bits per heavy atom. The molecule has 0 aliphatic heterocycles. The van der Waals surface area contributed by atoms with E-state index in [9.17, 15) is 0 Å². The first kappa shape index (κ1) is 9.27. The standard InChI is InChI=1S/C6H16N2S/c1-3-5-8(9-7)6-4-2/h3-7H2,1-2H3. The summed E-state index contributed by atoms with van der Waals surface area (Å²) in [6, 6.07) is 0. The third-order valence-corrected chi connectivity index (χ3v) is 1.76. The maximum atomic E-state index is 5.39. The molecule has 56 valence electrons. The normalized spacial score (nSPS) is 10.7. The lowest BCUT2D eigenvalue weighted by molar-refractivity contribution is 0.468. The van der Waals surface area contributed by atoms with E-state index in [1.54, 1.807) is 0 Å². The van der Waals surface area contributed by atoms with Gasteiger partial charge in [0.1, 0.15) is 0 Å². The van der Waals surface area contributed by atoms with Crippen LogP contribution in [-0.4, -0.2) is 17.4 Å². The van der Waals surface area contributed by atoms with Gasteiger partial charge in [0.2, 0.25) is 0 Å². The number of nitrogens with zero attached hydrogens (tertiary/aromatic N) is 1. The SMILES string of the molecule is CCCN(CCC)SN. The Bertz CT molecular complexity index is 53.0. The van der Waals surface area contributed by atoms with Gasteiger partial charge in [-0.05, 0) is 12.8 Å². The summed E-state index contributed by atoms with van der Waals surface area (Å²) in [7, 11) is 0. The highest BCUT2D eigenvalue weighted by Gasteiger charge is 1.97. The number of rotatable bonds is 5. The maximum absolute atomic E-state index is 5.39. The van der Waals surface area contributed by atoms with Crippen LogP contribution in [0.1, 0.15) is 26.7 Å². The van der Waals surface area contributed by atoms with Gasteiger partial charge in [-0.25, -0.2) is 4.31 Å². The molecule has 3 heteroatoms. The van der Waals surface area contributed by atoms with Crippen molar-refractivity contribution in [2.75, 3.05) is 13.1 Å². The van der Waals surface area contributed by atoms with Crippen LogP contribution in [0.15, 0.2) is 0 Å². The average molecular weight is 148 g/mol. The highest BCUT2D eigenvalue weighted by molar-refractivity contribution is 7.94. The number of hydrogen-bond donors (Lipinski definition) is 1. The van der Waals surface area contributed by atoms with Crippen molar-refractivity contribution < 1.29 is 0 Å². The molecule has 0 aliphatic rings. The fraction of sp³-hybridized carbons (Fsp3) is 1.00. The second-order valence-electron chi connectivity index (χ2n) is 2.03. The summed E-state index contributed by atoms with van der Waals surface area (Å²) in [5, 5.41) is 5.39. The van der Waals surface area contributed by atoms with Crippen LogP contribution in [0.5, 0.6) is 0 Å². The highest BCUT2D eigenvalue weighted by atomic mass is 32.2. The third-order valence-electron chi connectivity index (χ3n) is 1.10. The molecule has 0 spiro atoms. The van der Waals surface area contributed by atoms with Crippen molar-refractivity contribution in [3.63, 3.8) is 0 Å². The quantitative estimate of drug-likeness (QED) is 0.601. The first-order valence-corrected chi connectivity index (χ1v) is 4.30. The van der Waals surface area contributed by atoms with Crippen molar-refractivity contribution in [3.8, 4) is 0 Å². The molecule has 0 fully saturated rings. The van der Waals surface area contributed by atoms with Gasteiger partial charge in [0, 0.05) is 25.2 Å². The summed E-state index contributed by atoms with van der Waals surface area (Å²) >= 11 is 1.35. The highest BCUT2D eigenvalue weighted by Crippen LogP contribution is 2.02. The van der Waals surface area contributed by atoms with Crippen molar-refractivity contribution in [2.24, 2.45) is 5.14 Å². The molecule has 0 unspecified atom stereocenters. The van der Waals surface area contributed by atoms with Crippen LogP contribution in [0.4, 0.5) is 0 Å². The zero-order valence-electron chi connectivity index (χ0n) is 6.26. The zero-order valence-corrected chi connectivity index (χ0v) is 7.08. The first-order valence-electron chi connectivity index (χ1n) is 3.46. The molecule has 2 N–H and O–H groups in total. The lowest BCUT2D eigenvalue weighted by Gasteiger charge is -2.15. The Hall–Kier alpha value is 0.270. The van der Waals surface area contributed by atoms with Crippen LogP contribution < -0.4 is 5.14 Å². The van der Waals surface area contributed by atoms with Crippen molar-refractivity contribution in [3.05, 3.63) is 0 Å². The van der Waals surface area contributed by atoms with E-state index in [1.807, 2.05) is 0 Å². The van der Waals surface area contributed by atoms with E-state index >= 15 is 0 Å². The van der Waals surface area contributed by atoms with Gasteiger partial charge in [0.25, 0.3) is 0 Å². The van der Waals surface area contributed by atoms with Crippen LogP contribution in [0.25, 0.3) is 0 Å². The summed E-state index contributed by atoms with van der Waals surface area (Å²) in [5.74, 6) is 0. The molecule has 0 aromatic rings. The summed E-state index contributed by atoms with van der Waals surface area (Å²) in [6.45, 7) is 6.54. The van der Waals surface area contributed by atoms with Crippen molar-refractivity contribution in [1.82, 2.24) is 4.31 Å². The number of hydrogen-bond acceptors (Lipinski definition) is 3. The summed E-state index contributed by atoms with van der Waals surface area (Å²) in [5.41, 5.74) is 0. The van der Waals surface area contributed by atoms with Gasteiger partial charge in [0.15, 0.2) is 0 Å². The molecule has 0 heterocycles. The average Bonchev–Trinajstić information content (AvgIpc) is 1.88. The minimum Gasteiger partial charge on any atom is -0.264 e. The lowest BCUT2D eigenvalue weighted by Crippen LogP contribution is -2.19. The van der Waals surface area contributed by atoms with Gasteiger partial charge in [-0.2, -0.15) is 0 Å². The van der Waals surface area contributed by atoms with Crippen molar-refractivity contribution >= 4 is 12.1 Å². The van der Waals surface area contributed by atoms with E-state index in [1.165, 1.54) is 25.0 Å². The van der Waals surface area contributed by atoms with Crippen LogP contribution in [0.3, 0.4) is 0 Å². The molecule has 0 bridgehead atoms. The predicted molar refractivity (Wildman–Crippen MR) is 43.9 cm³/mol. The summed E-state index contributed by atoms with van der Waals surface area (Å²) < 4.78 is 2.18. The Morgan fingerprint density at radius 2 is 1.67 bits per heavy atom. The lowest BCUT2D eigenvalue weighted by atomic mass is 10.4. The number of nitrogens with two attached hydrogens (primary N) is 1. The van der Waals surface area contributed by atoms with E-state index in [0.29, 0.717) is 0 Å². The van der Waals surface area contributed by atoms with Crippen LogP contribution in [-0.2, 0) is 0 Å². The first-order chi connectivity index (χ1) is 4.35. The molecule has 0 atom stereocenters. The van der Waals surface area contributed by atoms with Gasteiger partial charge in [0.05, 0.1) is 0 Å². The largest absolute Gasteiger partial charge is 0.264 e. The van der Waals surface area contributed by atoms with Crippen molar-refractivity contribution in [1.29, 1.82) is 0 Å². The molecule has 0 amide bonds. The minimum absolute atomic E-state index is 1.11. The Labute approximate surface area is 62.1 Å². The second kappa shape index (κ2) is 6.39. The molecule has 0 aromatic heterocycles. The van der Waals surface area contributed by atoms with Gasteiger partial charge in [-0.3, -0.25) is 5.14 Å². The van der Waals surface area contributed by atoms with E-state index < -0.39 is 0 Å². The smallest absolute Gasteiger partial charge is 0.00986 e. The Kier molecular flexibility index (Phi) is 6.58. The summed E-state index contributed by atoms with van der Waals surface area (Å²) in [6.07, 6.45) is 2.37. The molecule has 0 radical (unpaired) electrons. The molecular weight excluding hydrogens is 132 g/mol. The minimum atomic E-state index is 1.11. The van der Waals surface area contributed by atoms with Gasteiger partial charge in [-0.15, -0.1) is 0 Å². The molecule has 0 saturated carbocycles. The van der Waals surface area contributed by atoms with Crippen LogP contribution in [0, 0.1) is 0 Å². The molecule has 0 rings (SSSR count). The van der Waals surface area contributed by atoms with E-state index in [-0.39, 0.29) is 0 Å². The monoisotopic (exact) mass is 148 g/mol. The molecule has 9 heavy (non-hydrogen) atoms. The topological polar surface area (TPSA) is 29.3 Å². The van der Waals surface area contributed by atoms with Gasteiger partial charge < -0.3 is 0 Å². The van der Waals surface area contributed by atoms with Crippen LogP contribution >= 0.6 is 12.1 Å². The zero-order chi connectivity index (χ0) is 7.11. The van der Waals surface area contributed by atoms with Crippen LogP contribution in [0.2, 0.25) is 0 Å². The molecule has 2 nitrogen and oxygen atoms in total. The summed E-state index contributed by atoms with van der Waals surface area (Å²) in [4.78, 5) is 0. The molecule has 0 saturated heterocycles. The third kappa shape index (κ3) is 4.75. The van der Waals surface area contributed by atoms with E-state index in [4.69, 9.17) is 5.14 Å². The molecule has 0 aliphatic carbocycles. The fourth-order valence-corrected chi connectivity index (χ4v) is 1.29. The van der Waals surface area contributed by atoms with E-state index in [2.05, 4.69) is 18.2 Å². The molecular formula is C6H16N2S. The predicted octanol–water partition coefficient (Wildman–Crippen LogP) is 1.63. The molecule has 0 aromatic carbocycles. The maximum Gasteiger partial charge on any atom is 0.00986 e. The Balaban J connectivity index is 3.18. The van der Waals surface area contributed by atoms with Gasteiger partial charge in [-0.1, -0.05) is 13.8 Å².